The van der Waals surface area contributed by atoms with Crippen LogP contribution in [0.25, 0.3) is 0 Å². The molecule has 0 heterocycles. The summed E-state index contributed by atoms with van der Waals surface area (Å²) in [5.41, 5.74) is 2.85. The van der Waals surface area contributed by atoms with E-state index in [2.05, 4.69) is 4.74 Å². The number of ether oxygens (including phenoxy) is 2. The molecule has 0 atom stereocenters. The van der Waals surface area contributed by atoms with Crippen molar-refractivity contribution in [3.63, 3.8) is 0 Å². The fourth-order valence-electron chi connectivity index (χ4n) is 2.64. The first-order valence-electron chi connectivity index (χ1n) is 8.52. The molecule has 0 saturated heterocycles. The first-order chi connectivity index (χ1) is 13.2. The van der Waals surface area contributed by atoms with Crippen LogP contribution in [0.15, 0.2) is 36.4 Å². The zero-order valence-electron chi connectivity index (χ0n) is 16.2. The van der Waals surface area contributed by atoms with E-state index in [4.69, 9.17) is 4.74 Å². The number of hydrogen-bond donors (Lipinski definition) is 0. The number of carbonyl (C=O) groups excluding carboxylic acids is 2. The molecular weight excluding hydrogens is 364 g/mol. The van der Waals surface area contributed by atoms with Crippen LogP contribution in [0.1, 0.15) is 27.0 Å². The highest BCUT2D eigenvalue weighted by Gasteiger charge is 2.21. The van der Waals surface area contributed by atoms with Crippen LogP contribution in [0.2, 0.25) is 0 Å². The Morgan fingerprint density at radius 3 is 2.46 bits per heavy atom. The van der Waals surface area contributed by atoms with Gasteiger partial charge in [0.2, 0.25) is 0 Å². The molecule has 2 aromatic rings. The Bertz CT molecular complexity index is 910. The lowest BCUT2D eigenvalue weighted by Gasteiger charge is -2.19. The summed E-state index contributed by atoms with van der Waals surface area (Å²) in [6.07, 6.45) is 0. The molecule has 1 amide bonds. The van der Waals surface area contributed by atoms with Gasteiger partial charge >= 0.3 is 11.7 Å². The lowest BCUT2D eigenvalue weighted by molar-refractivity contribution is -0.385. The highest BCUT2D eigenvalue weighted by atomic mass is 16.6. The van der Waals surface area contributed by atoms with Crippen molar-refractivity contribution in [2.24, 2.45) is 0 Å². The molecular formula is C20H22N2O6. The fourth-order valence-corrected chi connectivity index (χ4v) is 2.64. The van der Waals surface area contributed by atoms with Gasteiger partial charge in [-0.2, -0.15) is 0 Å². The molecule has 0 aliphatic rings. The van der Waals surface area contributed by atoms with E-state index in [1.54, 1.807) is 7.05 Å². The minimum absolute atomic E-state index is 0.0276. The molecule has 0 bridgehead atoms. The fraction of sp³-hybridized carbons (Fsp3) is 0.300. The van der Waals surface area contributed by atoms with Crippen LogP contribution in [-0.4, -0.2) is 42.5 Å². The van der Waals surface area contributed by atoms with E-state index in [1.165, 1.54) is 24.1 Å². The van der Waals surface area contributed by atoms with Crippen molar-refractivity contribution >= 4 is 17.6 Å². The average Bonchev–Trinajstić information content (AvgIpc) is 2.67. The highest BCUT2D eigenvalue weighted by molar-refractivity contribution is 5.90. The zero-order chi connectivity index (χ0) is 20.8. The van der Waals surface area contributed by atoms with Crippen molar-refractivity contribution in [1.82, 2.24) is 4.90 Å². The van der Waals surface area contributed by atoms with Gasteiger partial charge in [0.05, 0.1) is 17.6 Å². The minimum atomic E-state index is -0.695. The summed E-state index contributed by atoms with van der Waals surface area (Å²) in [4.78, 5) is 36.0. The number of esters is 1. The Morgan fingerprint density at radius 1 is 1.14 bits per heavy atom. The second kappa shape index (κ2) is 8.98. The SMILES string of the molecule is COC(=O)c1ccc(OCC(=O)N(C)Cc2ccc(C)cc2C)c([N+](=O)[O-])c1. The van der Waals surface area contributed by atoms with E-state index in [0.29, 0.717) is 6.54 Å². The Kier molecular flexibility index (Phi) is 6.70. The predicted molar refractivity (Wildman–Crippen MR) is 102 cm³/mol. The van der Waals surface area contributed by atoms with E-state index in [9.17, 15) is 19.7 Å². The molecule has 8 nitrogen and oxygen atoms in total. The highest BCUT2D eigenvalue weighted by Crippen LogP contribution is 2.28. The number of amides is 1. The predicted octanol–water partition coefficient (Wildman–Crippen LogP) is 3.04. The molecule has 0 radical (unpaired) electrons. The second-order valence-corrected chi connectivity index (χ2v) is 6.40. The molecule has 0 aromatic heterocycles. The summed E-state index contributed by atoms with van der Waals surface area (Å²) in [6.45, 7) is 4.01. The van der Waals surface area contributed by atoms with Crippen LogP contribution in [0.3, 0.4) is 0 Å². The molecule has 0 N–H and O–H groups in total. The number of nitro benzene ring substituents is 1. The van der Waals surface area contributed by atoms with Crippen LogP contribution in [0.4, 0.5) is 5.69 Å². The van der Waals surface area contributed by atoms with E-state index < -0.39 is 16.6 Å². The first-order valence-corrected chi connectivity index (χ1v) is 8.52. The second-order valence-electron chi connectivity index (χ2n) is 6.40. The summed E-state index contributed by atoms with van der Waals surface area (Å²) in [5, 5.41) is 11.2. The maximum Gasteiger partial charge on any atom is 0.338 e. The standard InChI is InChI=1S/C20H22N2O6/c1-13-5-6-16(14(2)9-13)11-21(3)19(23)12-28-18-8-7-15(20(24)27-4)10-17(18)22(25)26/h5-10H,11-12H2,1-4H3. The van der Waals surface area contributed by atoms with Gasteiger partial charge in [-0.15, -0.1) is 0 Å². The normalized spacial score (nSPS) is 10.3. The molecule has 28 heavy (non-hydrogen) atoms. The van der Waals surface area contributed by atoms with Gasteiger partial charge in [0.1, 0.15) is 0 Å². The van der Waals surface area contributed by atoms with Gasteiger partial charge < -0.3 is 14.4 Å². The molecule has 148 valence electrons. The van der Waals surface area contributed by atoms with Gasteiger partial charge in [0.25, 0.3) is 5.91 Å². The topological polar surface area (TPSA) is 99.0 Å². The molecule has 0 aliphatic carbocycles. The van der Waals surface area contributed by atoms with Crippen molar-refractivity contribution in [3.05, 3.63) is 68.8 Å². The number of nitro groups is 1. The van der Waals surface area contributed by atoms with Crippen LogP contribution >= 0.6 is 0 Å². The molecule has 2 aromatic carbocycles. The summed E-state index contributed by atoms with van der Waals surface area (Å²) in [7, 11) is 2.82. The van der Waals surface area contributed by atoms with Gasteiger partial charge in [0.15, 0.2) is 12.4 Å². The van der Waals surface area contributed by atoms with Gasteiger partial charge in [-0.3, -0.25) is 14.9 Å². The van der Waals surface area contributed by atoms with Crippen molar-refractivity contribution < 1.29 is 24.0 Å². The van der Waals surface area contributed by atoms with Crippen LogP contribution in [-0.2, 0) is 16.1 Å². The quantitative estimate of drug-likeness (QED) is 0.412. The third kappa shape index (κ3) is 5.06. The average molecular weight is 386 g/mol. The summed E-state index contributed by atoms with van der Waals surface area (Å²) in [5.74, 6) is -1.11. The van der Waals surface area contributed by atoms with Gasteiger partial charge in [-0.25, -0.2) is 4.79 Å². The lowest BCUT2D eigenvalue weighted by Crippen LogP contribution is -2.31. The van der Waals surface area contributed by atoms with Crippen molar-refractivity contribution in [3.8, 4) is 5.75 Å². The number of methoxy groups -OCH3 is 1. The Morgan fingerprint density at radius 2 is 1.86 bits per heavy atom. The van der Waals surface area contributed by atoms with E-state index in [-0.39, 0.29) is 23.8 Å². The molecule has 0 fully saturated rings. The first kappa shape index (κ1) is 20.9. The third-order valence-corrected chi connectivity index (χ3v) is 4.26. The number of nitrogens with zero attached hydrogens (tertiary/aromatic N) is 2. The Labute approximate surface area is 162 Å². The zero-order valence-corrected chi connectivity index (χ0v) is 16.2. The smallest absolute Gasteiger partial charge is 0.338 e. The molecule has 0 saturated carbocycles. The molecule has 2 rings (SSSR count). The van der Waals surface area contributed by atoms with E-state index in [0.717, 1.165) is 22.8 Å². The molecule has 0 spiro atoms. The number of likely N-dealkylation sites (N-methyl/N-ethyl adjacent to an activating group) is 1. The maximum absolute atomic E-state index is 12.4. The summed E-state index contributed by atoms with van der Waals surface area (Å²) < 4.78 is 9.90. The molecule has 0 unspecified atom stereocenters. The van der Waals surface area contributed by atoms with Crippen LogP contribution < -0.4 is 4.74 Å². The number of benzene rings is 2. The van der Waals surface area contributed by atoms with Crippen molar-refractivity contribution in [2.75, 3.05) is 20.8 Å². The van der Waals surface area contributed by atoms with Crippen molar-refractivity contribution in [2.45, 2.75) is 20.4 Å². The number of carbonyl (C=O) groups is 2. The minimum Gasteiger partial charge on any atom is -0.477 e. The van der Waals surface area contributed by atoms with E-state index in [1.807, 2.05) is 32.0 Å². The lowest BCUT2D eigenvalue weighted by atomic mass is 10.1. The maximum atomic E-state index is 12.4. The largest absolute Gasteiger partial charge is 0.477 e. The molecule has 8 heteroatoms. The molecule has 0 aliphatic heterocycles. The van der Waals surface area contributed by atoms with Gasteiger partial charge in [-0.1, -0.05) is 23.8 Å². The summed E-state index contributed by atoms with van der Waals surface area (Å²) in [6, 6.07) is 9.66. The van der Waals surface area contributed by atoms with Crippen LogP contribution in [0.5, 0.6) is 5.75 Å². The van der Waals surface area contributed by atoms with E-state index >= 15 is 0 Å². The van der Waals surface area contributed by atoms with Gasteiger partial charge in [-0.05, 0) is 37.1 Å². The van der Waals surface area contributed by atoms with Crippen LogP contribution in [0, 0.1) is 24.0 Å². The number of aryl methyl sites for hydroxylation is 2. The Hall–Kier alpha value is -3.42. The number of rotatable bonds is 7. The number of hydrogen-bond acceptors (Lipinski definition) is 6. The summed E-state index contributed by atoms with van der Waals surface area (Å²) >= 11 is 0. The monoisotopic (exact) mass is 386 g/mol. The third-order valence-electron chi connectivity index (χ3n) is 4.26. The van der Waals surface area contributed by atoms with Crippen molar-refractivity contribution in [1.29, 1.82) is 0 Å². The van der Waals surface area contributed by atoms with Gasteiger partial charge in [0, 0.05) is 19.7 Å². The Balaban J connectivity index is 2.07.